The van der Waals surface area contributed by atoms with Crippen LogP contribution in [0.3, 0.4) is 0 Å². The highest BCUT2D eigenvalue weighted by Gasteiger charge is 2.33. The Morgan fingerprint density at radius 2 is 2.17 bits per heavy atom. The van der Waals surface area contributed by atoms with Crippen LogP contribution in [0.2, 0.25) is 0 Å². The Hall–Kier alpha value is -1.48. The molecule has 0 saturated carbocycles. The Balaban J connectivity index is 2.25. The number of allylic oxidation sites excluding steroid dienone is 2. The molecule has 0 fully saturated rings. The molecule has 3 heteroatoms. The van der Waals surface area contributed by atoms with Gasteiger partial charge >= 0.3 is 0 Å². The summed E-state index contributed by atoms with van der Waals surface area (Å²) in [6, 6.07) is 3.76. The van der Waals surface area contributed by atoms with Crippen molar-refractivity contribution in [2.24, 2.45) is 0 Å². The van der Waals surface area contributed by atoms with Crippen molar-refractivity contribution in [3.63, 3.8) is 0 Å². The summed E-state index contributed by atoms with van der Waals surface area (Å²) >= 11 is 0. The monoisotopic (exact) mass is 248 g/mol. The largest absolute Gasteiger partial charge is 0.508 e. The van der Waals surface area contributed by atoms with Gasteiger partial charge in [-0.25, -0.2) is 0 Å². The highest BCUT2D eigenvalue weighted by molar-refractivity contribution is 5.52. The zero-order valence-electron chi connectivity index (χ0n) is 10.9. The first-order chi connectivity index (χ1) is 8.67. The maximum absolute atomic E-state index is 10.1. The van der Waals surface area contributed by atoms with Gasteiger partial charge in [-0.3, -0.25) is 0 Å². The minimum Gasteiger partial charge on any atom is -0.508 e. The molecule has 2 rings (SSSR count). The number of aromatic hydroxyl groups is 1. The second kappa shape index (κ2) is 5.44. The molecule has 98 valence electrons. The Morgan fingerprint density at radius 1 is 1.39 bits per heavy atom. The topological polar surface area (TPSA) is 49.7 Å². The van der Waals surface area contributed by atoms with Crippen LogP contribution in [-0.4, -0.2) is 22.9 Å². The Bertz CT molecular complexity index is 451. The van der Waals surface area contributed by atoms with Crippen LogP contribution in [0.4, 0.5) is 0 Å². The summed E-state index contributed by atoms with van der Waals surface area (Å²) in [5, 5.41) is 19.4. The van der Waals surface area contributed by atoms with E-state index in [2.05, 4.69) is 6.08 Å². The van der Waals surface area contributed by atoms with Crippen LogP contribution in [0.25, 0.3) is 0 Å². The zero-order valence-corrected chi connectivity index (χ0v) is 10.9. The fraction of sp³-hybridized carbons (Fsp3) is 0.467. The molecule has 0 unspecified atom stereocenters. The van der Waals surface area contributed by atoms with E-state index in [1.165, 1.54) is 0 Å². The molecule has 0 radical (unpaired) electrons. The standard InChI is InChI=1S/C15H20O3/c1-3-4-5-6-11-7-13(17)15-12(9-16)10(2)18-14(15)8-11/h3-4,7-8,10,12,16-17H,5-6,9H2,1-2H3/t10-,12-/m1/s1. The summed E-state index contributed by atoms with van der Waals surface area (Å²) in [5.74, 6) is 0.841. The zero-order chi connectivity index (χ0) is 13.1. The number of hydrogen-bond donors (Lipinski definition) is 2. The van der Waals surface area contributed by atoms with Crippen molar-refractivity contribution in [3.8, 4) is 11.5 Å². The van der Waals surface area contributed by atoms with Crippen LogP contribution in [0.15, 0.2) is 24.3 Å². The lowest BCUT2D eigenvalue weighted by Crippen LogP contribution is -2.17. The molecule has 1 aliphatic heterocycles. The minimum atomic E-state index is -0.121. The third kappa shape index (κ3) is 2.36. The predicted octanol–water partition coefficient (Wildman–Crippen LogP) is 2.76. The predicted molar refractivity (Wildman–Crippen MR) is 71.2 cm³/mol. The number of rotatable bonds is 4. The van der Waals surface area contributed by atoms with Crippen molar-refractivity contribution in [3.05, 3.63) is 35.4 Å². The van der Waals surface area contributed by atoms with Gasteiger partial charge in [0.15, 0.2) is 0 Å². The molecule has 0 aromatic heterocycles. The summed E-state index contributed by atoms with van der Waals surface area (Å²) in [6.07, 6.45) is 5.87. The van der Waals surface area contributed by atoms with Crippen molar-refractivity contribution in [1.82, 2.24) is 0 Å². The van der Waals surface area contributed by atoms with E-state index < -0.39 is 0 Å². The summed E-state index contributed by atoms with van der Waals surface area (Å²) in [4.78, 5) is 0. The first-order valence-electron chi connectivity index (χ1n) is 6.41. The molecule has 1 aromatic carbocycles. The van der Waals surface area contributed by atoms with E-state index in [1.54, 1.807) is 6.07 Å². The number of fused-ring (bicyclic) bond motifs is 1. The molecule has 0 bridgehead atoms. The summed E-state index contributed by atoms with van der Waals surface area (Å²) in [5.41, 5.74) is 1.81. The molecular weight excluding hydrogens is 228 g/mol. The fourth-order valence-electron chi connectivity index (χ4n) is 2.46. The highest BCUT2D eigenvalue weighted by atomic mass is 16.5. The van der Waals surface area contributed by atoms with Gasteiger partial charge in [0.25, 0.3) is 0 Å². The highest BCUT2D eigenvalue weighted by Crippen LogP contribution is 2.44. The van der Waals surface area contributed by atoms with E-state index in [0.717, 1.165) is 29.7 Å². The molecule has 1 aliphatic rings. The Labute approximate surface area is 108 Å². The SMILES string of the molecule is CC=CCCc1cc(O)c2c(c1)O[C@H](C)[C@H]2CO. The van der Waals surface area contributed by atoms with Gasteiger partial charge in [0, 0.05) is 5.56 Å². The lowest BCUT2D eigenvalue weighted by molar-refractivity contribution is 0.172. The van der Waals surface area contributed by atoms with E-state index in [1.807, 2.05) is 26.0 Å². The summed E-state index contributed by atoms with van der Waals surface area (Å²) in [7, 11) is 0. The average molecular weight is 248 g/mol. The maximum atomic E-state index is 10.1. The number of benzene rings is 1. The number of phenolic OH excluding ortho intramolecular Hbond substituents is 1. The Morgan fingerprint density at radius 3 is 2.83 bits per heavy atom. The van der Waals surface area contributed by atoms with Crippen LogP contribution in [0, 0.1) is 0 Å². The summed E-state index contributed by atoms with van der Waals surface area (Å²) < 4.78 is 5.70. The van der Waals surface area contributed by atoms with Crippen LogP contribution >= 0.6 is 0 Å². The van der Waals surface area contributed by atoms with Crippen molar-refractivity contribution >= 4 is 0 Å². The van der Waals surface area contributed by atoms with Crippen molar-refractivity contribution in [2.45, 2.75) is 38.7 Å². The molecule has 0 saturated heterocycles. The van der Waals surface area contributed by atoms with E-state index in [9.17, 15) is 10.2 Å². The fourth-order valence-corrected chi connectivity index (χ4v) is 2.46. The minimum absolute atomic E-state index is 0.000351. The maximum Gasteiger partial charge on any atom is 0.127 e. The molecule has 0 aliphatic carbocycles. The van der Waals surface area contributed by atoms with Gasteiger partial charge in [0.2, 0.25) is 0 Å². The van der Waals surface area contributed by atoms with Gasteiger partial charge in [-0.1, -0.05) is 12.2 Å². The van der Waals surface area contributed by atoms with Crippen molar-refractivity contribution in [2.75, 3.05) is 6.61 Å². The van der Waals surface area contributed by atoms with Crippen LogP contribution in [0.5, 0.6) is 11.5 Å². The number of ether oxygens (including phenoxy) is 1. The van der Waals surface area contributed by atoms with Crippen LogP contribution in [-0.2, 0) is 6.42 Å². The molecule has 2 N–H and O–H groups in total. The van der Waals surface area contributed by atoms with Gasteiger partial charge in [-0.15, -0.1) is 0 Å². The summed E-state index contributed by atoms with van der Waals surface area (Å²) in [6.45, 7) is 3.91. The van der Waals surface area contributed by atoms with E-state index in [0.29, 0.717) is 0 Å². The van der Waals surface area contributed by atoms with Crippen LogP contribution < -0.4 is 4.74 Å². The van der Waals surface area contributed by atoms with E-state index >= 15 is 0 Å². The smallest absolute Gasteiger partial charge is 0.127 e. The molecule has 2 atom stereocenters. The van der Waals surface area contributed by atoms with E-state index in [4.69, 9.17) is 4.74 Å². The average Bonchev–Trinajstić information content (AvgIpc) is 2.65. The number of aliphatic hydroxyl groups excluding tert-OH is 1. The number of hydrogen-bond acceptors (Lipinski definition) is 3. The van der Waals surface area contributed by atoms with Gasteiger partial charge in [0.1, 0.15) is 17.6 Å². The molecule has 1 aromatic rings. The lowest BCUT2D eigenvalue weighted by atomic mass is 9.94. The first kappa shape index (κ1) is 13.0. The number of aliphatic hydroxyl groups is 1. The second-order valence-corrected chi connectivity index (χ2v) is 4.75. The van der Waals surface area contributed by atoms with Gasteiger partial charge in [-0.2, -0.15) is 0 Å². The second-order valence-electron chi connectivity index (χ2n) is 4.75. The Kier molecular flexibility index (Phi) is 3.92. The lowest BCUT2D eigenvalue weighted by Gasteiger charge is -2.11. The van der Waals surface area contributed by atoms with Crippen molar-refractivity contribution < 1.29 is 14.9 Å². The molecule has 3 nitrogen and oxygen atoms in total. The molecule has 0 spiro atoms. The third-order valence-electron chi connectivity index (χ3n) is 3.46. The molecule has 1 heterocycles. The van der Waals surface area contributed by atoms with Crippen LogP contribution in [0.1, 0.15) is 37.3 Å². The number of aryl methyl sites for hydroxylation is 1. The van der Waals surface area contributed by atoms with Gasteiger partial charge < -0.3 is 14.9 Å². The first-order valence-corrected chi connectivity index (χ1v) is 6.41. The van der Waals surface area contributed by atoms with Crippen molar-refractivity contribution in [1.29, 1.82) is 0 Å². The van der Waals surface area contributed by atoms with Gasteiger partial charge in [-0.05, 0) is 44.4 Å². The molecule has 18 heavy (non-hydrogen) atoms. The van der Waals surface area contributed by atoms with E-state index in [-0.39, 0.29) is 24.4 Å². The third-order valence-corrected chi connectivity index (χ3v) is 3.46. The quantitative estimate of drug-likeness (QED) is 0.805. The molecular formula is C15H20O3. The van der Waals surface area contributed by atoms with Gasteiger partial charge in [0.05, 0.1) is 12.5 Å². The normalized spacial score (nSPS) is 22.2. The number of phenols is 1. The molecule has 0 amide bonds.